The first-order valence-electron chi connectivity index (χ1n) is 18.7. The van der Waals surface area contributed by atoms with Crippen LogP contribution < -0.4 is 9.64 Å². The molecular formula is C41H52FN5O4. The molecule has 0 saturated carbocycles. The lowest BCUT2D eigenvalue weighted by Crippen LogP contribution is -2.50. The Hall–Kier alpha value is -4.02. The van der Waals surface area contributed by atoms with Crippen molar-refractivity contribution in [3.05, 3.63) is 58.7 Å². The molecule has 9 nitrogen and oxygen atoms in total. The number of anilines is 1. The molecule has 51 heavy (non-hydrogen) atoms. The van der Waals surface area contributed by atoms with E-state index in [9.17, 15) is 9.90 Å². The maximum absolute atomic E-state index is 15.9. The number of carbonyl (C=O) groups is 1. The Balaban J connectivity index is 1.39. The molecule has 3 aliphatic rings. The van der Waals surface area contributed by atoms with Gasteiger partial charge in [0.1, 0.15) is 11.5 Å². The second-order valence-electron chi connectivity index (χ2n) is 15.6. The molecule has 0 radical (unpaired) electrons. The van der Waals surface area contributed by atoms with Crippen molar-refractivity contribution >= 4 is 22.8 Å². The van der Waals surface area contributed by atoms with Crippen LogP contribution in [0.15, 0.2) is 30.5 Å². The van der Waals surface area contributed by atoms with Crippen LogP contribution in [0, 0.1) is 19.7 Å². The van der Waals surface area contributed by atoms with E-state index in [4.69, 9.17) is 19.4 Å². The molecule has 0 aliphatic carbocycles. The number of ether oxygens (including phenoxy) is 2. The highest BCUT2D eigenvalue weighted by Crippen LogP contribution is 2.46. The summed E-state index contributed by atoms with van der Waals surface area (Å²) in [5, 5.41) is 11.4. The zero-order valence-corrected chi connectivity index (χ0v) is 31.3. The minimum absolute atomic E-state index is 0.292. The summed E-state index contributed by atoms with van der Waals surface area (Å²) in [6.45, 7) is 16.5. The van der Waals surface area contributed by atoms with Crippen molar-refractivity contribution in [1.82, 2.24) is 19.4 Å². The average Bonchev–Trinajstić information content (AvgIpc) is 3.56. The summed E-state index contributed by atoms with van der Waals surface area (Å²) in [6, 6.07) is 9.33. The molecule has 0 spiro atoms. The van der Waals surface area contributed by atoms with Crippen LogP contribution >= 0.6 is 0 Å². The van der Waals surface area contributed by atoms with Gasteiger partial charge in [0.25, 0.3) is 0 Å². The number of pyridine rings is 2. The van der Waals surface area contributed by atoms with Gasteiger partial charge in [-0.3, -0.25) is 0 Å². The molecule has 272 valence electrons. The molecule has 7 rings (SSSR count). The highest BCUT2D eigenvalue weighted by atomic mass is 19.1. The molecular weight excluding hydrogens is 645 g/mol. The maximum Gasteiger partial charge on any atom is 0.337 e. The minimum Gasteiger partial charge on any atom is -0.490 e. The molecule has 3 aromatic heterocycles. The van der Waals surface area contributed by atoms with Crippen molar-refractivity contribution in [1.29, 1.82) is 0 Å². The van der Waals surface area contributed by atoms with E-state index in [2.05, 4.69) is 40.3 Å². The van der Waals surface area contributed by atoms with Crippen LogP contribution in [0.2, 0.25) is 0 Å². The smallest absolute Gasteiger partial charge is 0.337 e. The van der Waals surface area contributed by atoms with Gasteiger partial charge in [-0.2, -0.15) is 0 Å². The number of fused-ring (bicyclic) bond motifs is 4. The summed E-state index contributed by atoms with van der Waals surface area (Å²) in [7, 11) is 1.99. The highest BCUT2D eigenvalue weighted by Gasteiger charge is 2.43. The number of aromatic nitrogens is 3. The Kier molecular flexibility index (Phi) is 9.37. The van der Waals surface area contributed by atoms with E-state index in [1.54, 1.807) is 0 Å². The number of aliphatic carboxylic acids is 1. The van der Waals surface area contributed by atoms with Crippen LogP contribution in [-0.4, -0.2) is 73.9 Å². The third-order valence-corrected chi connectivity index (χ3v) is 11.4. The van der Waals surface area contributed by atoms with Gasteiger partial charge in [0.15, 0.2) is 17.7 Å². The lowest BCUT2D eigenvalue weighted by molar-refractivity contribution is -0.160. The van der Waals surface area contributed by atoms with Gasteiger partial charge < -0.3 is 28.9 Å². The summed E-state index contributed by atoms with van der Waals surface area (Å²) in [4.78, 5) is 28.1. The molecule has 3 unspecified atom stereocenters. The van der Waals surface area contributed by atoms with Gasteiger partial charge in [-0.1, -0.05) is 13.8 Å². The Morgan fingerprint density at radius 3 is 2.49 bits per heavy atom. The molecule has 6 heterocycles. The molecule has 3 aliphatic heterocycles. The van der Waals surface area contributed by atoms with Crippen molar-refractivity contribution in [3.8, 4) is 28.1 Å². The van der Waals surface area contributed by atoms with Crippen molar-refractivity contribution in [2.75, 3.05) is 24.6 Å². The van der Waals surface area contributed by atoms with E-state index >= 15 is 4.39 Å². The van der Waals surface area contributed by atoms with Crippen molar-refractivity contribution in [2.24, 2.45) is 7.05 Å². The number of carboxylic acid groups (broad SMARTS) is 1. The lowest BCUT2D eigenvalue weighted by atomic mass is 9.86. The first-order chi connectivity index (χ1) is 24.3. The van der Waals surface area contributed by atoms with Crippen molar-refractivity contribution < 1.29 is 23.8 Å². The number of nitrogens with zero attached hydrogens (tertiary/aromatic N) is 5. The van der Waals surface area contributed by atoms with E-state index in [0.29, 0.717) is 64.9 Å². The fourth-order valence-electron chi connectivity index (χ4n) is 9.13. The molecule has 2 bridgehead atoms. The predicted octanol–water partition coefficient (Wildman–Crippen LogP) is 8.17. The summed E-state index contributed by atoms with van der Waals surface area (Å²) in [6.07, 6.45) is 6.70. The van der Waals surface area contributed by atoms with E-state index in [1.165, 1.54) is 18.9 Å². The second-order valence-corrected chi connectivity index (χ2v) is 15.6. The Labute approximate surface area is 300 Å². The standard InChI is InChI=1S/C41H52FN5O4/c1-9-46(10-2)28-19-26-13-14-27(20-28)47(26)34-18-25(15-16-43-34)33-22-31-36(30-21-32(42)37-29(23(30)3)12-11-17-50-37)35(24(4)44-39(31)45(33)8)38(40(48)49)51-41(5,6)7/h15-16,18,21-22,26-28,38H,9-14,17,19-20H2,1-8H3,(H,48,49). The molecule has 0 amide bonds. The molecule has 1 N–H and O–H groups in total. The van der Waals surface area contributed by atoms with Crippen LogP contribution in [0.4, 0.5) is 10.2 Å². The van der Waals surface area contributed by atoms with Gasteiger partial charge in [0.2, 0.25) is 0 Å². The Bertz CT molecular complexity index is 1970. The topological polar surface area (TPSA) is 93.0 Å². The first kappa shape index (κ1) is 35.4. The second kappa shape index (κ2) is 13.5. The van der Waals surface area contributed by atoms with Crippen molar-refractivity contribution in [2.45, 2.75) is 117 Å². The van der Waals surface area contributed by atoms with Gasteiger partial charge in [-0.25, -0.2) is 19.2 Å². The van der Waals surface area contributed by atoms with Gasteiger partial charge in [0.05, 0.1) is 17.9 Å². The molecule has 4 aromatic rings. The molecule has 2 saturated heterocycles. The van der Waals surface area contributed by atoms with Crippen LogP contribution in [-0.2, 0) is 23.0 Å². The number of halogens is 1. The van der Waals surface area contributed by atoms with Gasteiger partial charge in [-0.05, 0) is 122 Å². The maximum atomic E-state index is 15.9. The predicted molar refractivity (Wildman–Crippen MR) is 199 cm³/mol. The van der Waals surface area contributed by atoms with Crippen LogP contribution in [0.25, 0.3) is 33.4 Å². The monoisotopic (exact) mass is 697 g/mol. The van der Waals surface area contributed by atoms with Gasteiger partial charge in [-0.15, -0.1) is 0 Å². The summed E-state index contributed by atoms with van der Waals surface area (Å²) in [5.74, 6) is -0.286. The zero-order valence-electron chi connectivity index (χ0n) is 31.3. The quantitative estimate of drug-likeness (QED) is 0.187. The number of aryl methyl sites for hydroxylation is 2. The summed E-state index contributed by atoms with van der Waals surface area (Å²) in [5.41, 5.74) is 5.77. The Morgan fingerprint density at radius 1 is 1.14 bits per heavy atom. The summed E-state index contributed by atoms with van der Waals surface area (Å²) < 4.78 is 30.0. The molecule has 2 fully saturated rings. The summed E-state index contributed by atoms with van der Waals surface area (Å²) >= 11 is 0. The largest absolute Gasteiger partial charge is 0.490 e. The van der Waals surface area contributed by atoms with Crippen molar-refractivity contribution in [3.63, 3.8) is 0 Å². The third-order valence-electron chi connectivity index (χ3n) is 11.4. The van der Waals surface area contributed by atoms with Crippen LogP contribution in [0.3, 0.4) is 0 Å². The van der Waals surface area contributed by atoms with Gasteiger partial charge >= 0.3 is 5.97 Å². The fourth-order valence-corrected chi connectivity index (χ4v) is 9.13. The number of hydrogen-bond acceptors (Lipinski definition) is 7. The third kappa shape index (κ3) is 6.28. The minimum atomic E-state index is -1.32. The zero-order chi connectivity index (χ0) is 36.4. The lowest BCUT2D eigenvalue weighted by Gasteiger charge is -2.43. The van der Waals surface area contributed by atoms with Gasteiger partial charge in [0, 0.05) is 64.7 Å². The molecule has 10 heteroatoms. The number of piperidine rings is 1. The van der Waals surface area contributed by atoms with E-state index < -0.39 is 23.5 Å². The molecule has 1 aromatic carbocycles. The number of hydrogen-bond donors (Lipinski definition) is 1. The van der Waals surface area contributed by atoms with Crippen LogP contribution in [0.5, 0.6) is 5.75 Å². The number of rotatable bonds is 9. The van der Waals surface area contributed by atoms with Crippen LogP contribution in [0.1, 0.15) is 95.2 Å². The number of benzene rings is 1. The fraction of sp³-hybridized carbons (Fsp3) is 0.537. The number of carboxylic acids is 1. The Morgan fingerprint density at radius 2 is 1.84 bits per heavy atom. The highest BCUT2D eigenvalue weighted by molar-refractivity contribution is 6.01. The van der Waals surface area contributed by atoms with E-state index in [-0.39, 0.29) is 0 Å². The van der Waals surface area contributed by atoms with E-state index in [1.807, 2.05) is 53.9 Å². The average molecular weight is 698 g/mol. The normalized spacial score (nSPS) is 20.9. The van der Waals surface area contributed by atoms with E-state index in [0.717, 1.165) is 65.9 Å². The molecule has 3 atom stereocenters. The first-order valence-corrected chi connectivity index (χ1v) is 18.7. The SMILES string of the molecule is CCN(CC)C1CC2CCC(C1)N2c1cc(-c2cc3c(-c4cc(F)c5c(c4C)CCCO5)c(C(OC(C)(C)C)C(=O)O)c(C)nc3n2C)ccn1.